The highest BCUT2D eigenvalue weighted by Crippen LogP contribution is 2.02. The minimum Gasteiger partial charge on any atom is -0.395 e. The van der Waals surface area contributed by atoms with E-state index in [2.05, 4.69) is 16.8 Å². The predicted octanol–water partition coefficient (Wildman–Crippen LogP) is -0.207. The van der Waals surface area contributed by atoms with Gasteiger partial charge in [-0.05, 0) is 7.05 Å². The second-order valence-corrected chi connectivity index (χ2v) is 4.56. The number of aliphatic hydroxyl groups excluding tert-OH is 1. The molecule has 0 unspecified atom stereocenters. The molecule has 4 nitrogen and oxygen atoms in total. The summed E-state index contributed by atoms with van der Waals surface area (Å²) in [5, 5.41) is 8.81. The molecule has 1 rings (SSSR count). The average Bonchev–Trinajstić information content (AvgIpc) is 2.27. The molecule has 0 aromatic rings. The maximum atomic E-state index is 12.3. The van der Waals surface area contributed by atoms with Gasteiger partial charge in [0.1, 0.15) is 0 Å². The smallest absolute Gasteiger partial charge is 0.251 e. The Kier molecular flexibility index (Phi) is 6.87. The minimum atomic E-state index is -2.32. The van der Waals surface area contributed by atoms with Crippen molar-refractivity contribution in [2.24, 2.45) is 0 Å². The van der Waals surface area contributed by atoms with Crippen LogP contribution in [0.1, 0.15) is 0 Å². The highest BCUT2D eigenvalue weighted by Gasteiger charge is 2.16. The van der Waals surface area contributed by atoms with E-state index < -0.39 is 6.43 Å². The molecule has 0 bridgehead atoms. The molecule has 6 heteroatoms. The topological polar surface area (TPSA) is 30.0 Å². The van der Waals surface area contributed by atoms with Gasteiger partial charge in [0.05, 0.1) is 13.2 Å². The van der Waals surface area contributed by atoms with Gasteiger partial charge in [0.2, 0.25) is 0 Å². The molecule has 1 aliphatic rings. The Bertz CT molecular complexity index is 199. The van der Waals surface area contributed by atoms with E-state index in [0.717, 1.165) is 32.7 Å². The molecule has 0 amide bonds. The molecule has 0 aromatic carbocycles. The molecule has 0 aliphatic carbocycles. The highest BCUT2D eigenvalue weighted by atomic mass is 19.3. The number of hydrogen-bond donors (Lipinski definition) is 1. The van der Waals surface area contributed by atoms with E-state index in [9.17, 15) is 8.78 Å². The van der Waals surface area contributed by atoms with Gasteiger partial charge in [-0.15, -0.1) is 0 Å². The minimum absolute atomic E-state index is 0.0601. The predicted molar refractivity (Wildman–Crippen MR) is 63.5 cm³/mol. The van der Waals surface area contributed by atoms with Gasteiger partial charge >= 0.3 is 0 Å². The highest BCUT2D eigenvalue weighted by molar-refractivity contribution is 4.71. The third-order valence-electron chi connectivity index (χ3n) is 3.14. The van der Waals surface area contributed by atoms with Crippen LogP contribution in [0.5, 0.6) is 0 Å². The van der Waals surface area contributed by atoms with E-state index in [4.69, 9.17) is 5.11 Å². The second-order valence-electron chi connectivity index (χ2n) is 4.56. The Balaban J connectivity index is 2.21. The number of alkyl halides is 2. The van der Waals surface area contributed by atoms with Crippen molar-refractivity contribution < 1.29 is 13.9 Å². The summed E-state index contributed by atoms with van der Waals surface area (Å²) in [5.41, 5.74) is 0. The summed E-state index contributed by atoms with van der Waals surface area (Å²) in [6.07, 6.45) is -2.32. The zero-order valence-electron chi connectivity index (χ0n) is 10.5. The van der Waals surface area contributed by atoms with Crippen LogP contribution in [0.2, 0.25) is 0 Å². The molecule has 1 heterocycles. The molecule has 0 saturated carbocycles. The molecule has 1 fully saturated rings. The van der Waals surface area contributed by atoms with Gasteiger partial charge in [-0.25, -0.2) is 8.78 Å². The number of aliphatic hydroxyl groups is 1. The van der Waals surface area contributed by atoms with Gasteiger partial charge in [-0.2, -0.15) is 0 Å². The average molecular weight is 251 g/mol. The second kappa shape index (κ2) is 7.92. The molecule has 1 N–H and O–H groups in total. The van der Waals surface area contributed by atoms with Crippen LogP contribution in [0, 0.1) is 0 Å². The number of hydrogen-bond acceptors (Lipinski definition) is 4. The summed E-state index contributed by atoms with van der Waals surface area (Å²) in [7, 11) is 2.09. The summed E-state index contributed by atoms with van der Waals surface area (Å²) in [5.74, 6) is 0. The van der Waals surface area contributed by atoms with Crippen molar-refractivity contribution in [2.45, 2.75) is 6.43 Å². The molecule has 0 aromatic heterocycles. The molecular weight excluding hydrogens is 228 g/mol. The molecule has 0 spiro atoms. The Morgan fingerprint density at radius 2 is 1.82 bits per heavy atom. The first-order valence-corrected chi connectivity index (χ1v) is 6.14. The lowest BCUT2D eigenvalue weighted by Crippen LogP contribution is -2.47. The van der Waals surface area contributed by atoms with E-state index in [1.165, 1.54) is 0 Å². The van der Waals surface area contributed by atoms with Crippen molar-refractivity contribution in [3.63, 3.8) is 0 Å². The Morgan fingerprint density at radius 1 is 1.18 bits per heavy atom. The zero-order valence-corrected chi connectivity index (χ0v) is 10.5. The number of piperazine rings is 1. The van der Waals surface area contributed by atoms with E-state index >= 15 is 0 Å². The largest absolute Gasteiger partial charge is 0.395 e. The fourth-order valence-corrected chi connectivity index (χ4v) is 1.99. The molecular formula is C11H23F2N3O. The van der Waals surface area contributed by atoms with Crippen LogP contribution in [-0.2, 0) is 0 Å². The van der Waals surface area contributed by atoms with Crippen molar-refractivity contribution in [1.29, 1.82) is 0 Å². The maximum Gasteiger partial charge on any atom is 0.251 e. The van der Waals surface area contributed by atoms with E-state index in [1.54, 1.807) is 4.90 Å². The Labute approximate surface area is 102 Å². The Morgan fingerprint density at radius 3 is 2.35 bits per heavy atom. The third-order valence-corrected chi connectivity index (χ3v) is 3.14. The maximum absolute atomic E-state index is 12.3. The summed E-state index contributed by atoms with van der Waals surface area (Å²) >= 11 is 0. The van der Waals surface area contributed by atoms with Crippen molar-refractivity contribution in [1.82, 2.24) is 14.7 Å². The molecule has 1 aliphatic heterocycles. The number of rotatable bonds is 7. The lowest BCUT2D eigenvalue weighted by Gasteiger charge is -2.33. The number of halogens is 2. The fourth-order valence-electron chi connectivity index (χ4n) is 1.99. The summed E-state index contributed by atoms with van der Waals surface area (Å²) in [4.78, 5) is 6.18. The number of nitrogens with zero attached hydrogens (tertiary/aromatic N) is 3. The van der Waals surface area contributed by atoms with Gasteiger partial charge in [-0.3, -0.25) is 9.80 Å². The van der Waals surface area contributed by atoms with Gasteiger partial charge < -0.3 is 10.0 Å². The van der Waals surface area contributed by atoms with Crippen molar-refractivity contribution >= 4 is 0 Å². The molecule has 17 heavy (non-hydrogen) atoms. The lowest BCUT2D eigenvalue weighted by molar-refractivity contribution is 0.0667. The summed E-state index contributed by atoms with van der Waals surface area (Å²) in [6.45, 7) is 5.51. The van der Waals surface area contributed by atoms with E-state index in [0.29, 0.717) is 13.1 Å². The van der Waals surface area contributed by atoms with Crippen LogP contribution in [0.4, 0.5) is 8.78 Å². The van der Waals surface area contributed by atoms with Gasteiger partial charge in [0, 0.05) is 45.8 Å². The van der Waals surface area contributed by atoms with Crippen LogP contribution in [0.25, 0.3) is 0 Å². The van der Waals surface area contributed by atoms with Gasteiger partial charge in [-0.1, -0.05) is 0 Å². The SMILES string of the molecule is CN1CCN(CCN(CCO)CC(F)F)CC1. The molecule has 102 valence electrons. The van der Waals surface area contributed by atoms with Crippen LogP contribution >= 0.6 is 0 Å². The zero-order chi connectivity index (χ0) is 12.7. The third kappa shape index (κ3) is 6.26. The van der Waals surface area contributed by atoms with Crippen LogP contribution in [0.3, 0.4) is 0 Å². The summed E-state index contributed by atoms with van der Waals surface area (Å²) < 4.78 is 24.6. The first kappa shape index (κ1) is 14.8. The number of likely N-dealkylation sites (N-methyl/N-ethyl adjacent to an activating group) is 1. The molecule has 1 saturated heterocycles. The van der Waals surface area contributed by atoms with Crippen LogP contribution < -0.4 is 0 Å². The van der Waals surface area contributed by atoms with Crippen molar-refractivity contribution in [2.75, 3.05) is 66.0 Å². The molecule has 0 atom stereocenters. The monoisotopic (exact) mass is 251 g/mol. The van der Waals surface area contributed by atoms with Crippen molar-refractivity contribution in [3.05, 3.63) is 0 Å². The van der Waals surface area contributed by atoms with Crippen LogP contribution in [-0.4, -0.2) is 92.2 Å². The quantitative estimate of drug-likeness (QED) is 0.678. The fraction of sp³-hybridized carbons (Fsp3) is 1.00. The van der Waals surface area contributed by atoms with E-state index in [1.807, 2.05) is 0 Å². The Hall–Kier alpha value is -0.300. The summed E-state index contributed by atoms with van der Waals surface area (Å²) in [6, 6.07) is 0. The molecule has 0 radical (unpaired) electrons. The standard InChI is InChI=1S/C11H23F2N3O/c1-14-2-4-15(5-3-14)6-7-16(8-9-17)10-11(12)13/h11,17H,2-10H2,1H3. The van der Waals surface area contributed by atoms with Crippen molar-refractivity contribution in [3.8, 4) is 0 Å². The lowest BCUT2D eigenvalue weighted by atomic mass is 10.3. The van der Waals surface area contributed by atoms with Gasteiger partial charge in [0.15, 0.2) is 0 Å². The normalized spacial score (nSPS) is 19.4. The van der Waals surface area contributed by atoms with E-state index in [-0.39, 0.29) is 13.2 Å². The first-order chi connectivity index (χ1) is 8.11. The first-order valence-electron chi connectivity index (χ1n) is 6.14. The van der Waals surface area contributed by atoms with Crippen LogP contribution in [0.15, 0.2) is 0 Å². The van der Waals surface area contributed by atoms with Gasteiger partial charge in [0.25, 0.3) is 6.43 Å².